The van der Waals surface area contributed by atoms with Crippen molar-refractivity contribution in [1.82, 2.24) is 5.32 Å². The Morgan fingerprint density at radius 1 is 1.00 bits per heavy atom. The summed E-state index contributed by atoms with van der Waals surface area (Å²) in [4.78, 5) is 12.9. The third-order valence-corrected chi connectivity index (χ3v) is 6.28. The summed E-state index contributed by atoms with van der Waals surface area (Å²) in [6.45, 7) is 1.84. The average molecular weight is 443 g/mol. The van der Waals surface area contributed by atoms with E-state index in [2.05, 4.69) is 5.32 Å². The van der Waals surface area contributed by atoms with Gasteiger partial charge in [0.15, 0.2) is 11.5 Å². The zero-order valence-corrected chi connectivity index (χ0v) is 18.8. The molecule has 0 saturated carbocycles. The normalized spacial score (nSPS) is 12.3. The van der Waals surface area contributed by atoms with E-state index in [1.165, 1.54) is 20.3 Å². The van der Waals surface area contributed by atoms with Crippen LogP contribution in [0.25, 0.3) is 10.8 Å². The first-order valence-corrected chi connectivity index (χ1v) is 11.6. The second-order valence-electron chi connectivity index (χ2n) is 7.13. The van der Waals surface area contributed by atoms with Gasteiger partial charge < -0.3 is 14.8 Å². The molecule has 0 aromatic heterocycles. The van der Waals surface area contributed by atoms with Crippen LogP contribution in [0, 0.1) is 0 Å². The number of amides is 1. The minimum atomic E-state index is -3.75. The van der Waals surface area contributed by atoms with Crippen LogP contribution in [0.2, 0.25) is 0 Å². The standard InChI is InChI=1S/C23H26N2O5S/c1-16(23(26)24-15-18-10-7-9-17-8-5-6-11-20(17)18)25(31(4,27)28)19-12-13-21(29-2)22(14-19)30-3/h5-14,16H,15H2,1-4H3,(H,24,26)/t16-/m0/s1. The molecule has 0 aliphatic rings. The summed E-state index contributed by atoms with van der Waals surface area (Å²) < 4.78 is 36.7. The van der Waals surface area contributed by atoms with Gasteiger partial charge in [0.1, 0.15) is 6.04 Å². The predicted octanol–water partition coefficient (Wildman–Crippen LogP) is 3.33. The van der Waals surface area contributed by atoms with Crippen molar-refractivity contribution in [1.29, 1.82) is 0 Å². The van der Waals surface area contributed by atoms with Crippen LogP contribution in [-0.4, -0.2) is 40.8 Å². The van der Waals surface area contributed by atoms with Crippen molar-refractivity contribution in [3.63, 3.8) is 0 Å². The number of anilines is 1. The van der Waals surface area contributed by atoms with Gasteiger partial charge in [-0.3, -0.25) is 9.10 Å². The predicted molar refractivity (Wildman–Crippen MR) is 122 cm³/mol. The maximum Gasteiger partial charge on any atom is 0.243 e. The maximum atomic E-state index is 12.9. The summed E-state index contributed by atoms with van der Waals surface area (Å²) in [6, 6.07) is 17.5. The fourth-order valence-corrected chi connectivity index (χ4v) is 4.71. The third-order valence-electron chi connectivity index (χ3n) is 5.04. The number of rotatable bonds is 8. The average Bonchev–Trinajstić information content (AvgIpc) is 2.76. The van der Waals surface area contributed by atoms with E-state index in [-0.39, 0.29) is 6.54 Å². The summed E-state index contributed by atoms with van der Waals surface area (Å²) >= 11 is 0. The second-order valence-corrected chi connectivity index (χ2v) is 8.99. The number of sulfonamides is 1. The van der Waals surface area contributed by atoms with Crippen molar-refractivity contribution >= 4 is 32.4 Å². The Morgan fingerprint density at radius 3 is 2.35 bits per heavy atom. The highest BCUT2D eigenvalue weighted by molar-refractivity contribution is 7.92. The highest BCUT2D eigenvalue weighted by Crippen LogP contribution is 2.33. The molecule has 0 fully saturated rings. The van der Waals surface area contributed by atoms with Gasteiger partial charge in [-0.15, -0.1) is 0 Å². The van der Waals surface area contributed by atoms with E-state index in [9.17, 15) is 13.2 Å². The Kier molecular flexibility index (Phi) is 6.70. The summed E-state index contributed by atoms with van der Waals surface area (Å²) in [5.41, 5.74) is 1.27. The molecule has 8 heteroatoms. The maximum absolute atomic E-state index is 12.9. The van der Waals surface area contributed by atoms with E-state index in [4.69, 9.17) is 9.47 Å². The van der Waals surface area contributed by atoms with E-state index in [1.807, 2.05) is 42.5 Å². The molecule has 3 aromatic rings. The van der Waals surface area contributed by atoms with Gasteiger partial charge in [0, 0.05) is 12.6 Å². The number of benzene rings is 3. The van der Waals surface area contributed by atoms with Crippen molar-refractivity contribution < 1.29 is 22.7 Å². The molecular weight excluding hydrogens is 416 g/mol. The first-order valence-electron chi connectivity index (χ1n) is 9.72. The Hall–Kier alpha value is -3.26. The molecule has 1 amide bonds. The Balaban J connectivity index is 1.85. The SMILES string of the molecule is COc1ccc(N([C@@H](C)C(=O)NCc2cccc3ccccc23)S(C)(=O)=O)cc1OC. The molecule has 3 rings (SSSR count). The lowest BCUT2D eigenvalue weighted by molar-refractivity contribution is -0.122. The number of carbonyl (C=O) groups excluding carboxylic acids is 1. The van der Waals surface area contributed by atoms with Crippen LogP contribution in [0.4, 0.5) is 5.69 Å². The van der Waals surface area contributed by atoms with Crippen molar-refractivity contribution in [2.45, 2.75) is 19.5 Å². The molecule has 0 bridgehead atoms. The second kappa shape index (κ2) is 9.26. The number of hydrogen-bond acceptors (Lipinski definition) is 5. The summed E-state index contributed by atoms with van der Waals surface area (Å²) in [5.74, 6) is 0.429. The Morgan fingerprint density at radius 2 is 1.68 bits per heavy atom. The quantitative estimate of drug-likeness (QED) is 0.578. The molecule has 0 unspecified atom stereocenters. The molecule has 1 atom stereocenters. The molecule has 0 saturated heterocycles. The fraction of sp³-hybridized carbons (Fsp3) is 0.261. The van der Waals surface area contributed by atoms with Crippen molar-refractivity contribution in [3.05, 3.63) is 66.2 Å². The largest absolute Gasteiger partial charge is 0.493 e. The van der Waals surface area contributed by atoms with Crippen molar-refractivity contribution in [2.24, 2.45) is 0 Å². The van der Waals surface area contributed by atoms with Crippen LogP contribution < -0.4 is 19.1 Å². The lowest BCUT2D eigenvalue weighted by atomic mass is 10.0. The molecule has 7 nitrogen and oxygen atoms in total. The summed E-state index contributed by atoms with van der Waals surface area (Å²) in [5, 5.41) is 4.98. The minimum Gasteiger partial charge on any atom is -0.493 e. The third kappa shape index (κ3) is 4.91. The number of carbonyl (C=O) groups is 1. The van der Waals surface area contributed by atoms with Gasteiger partial charge in [-0.1, -0.05) is 42.5 Å². The van der Waals surface area contributed by atoms with Crippen molar-refractivity contribution in [3.8, 4) is 11.5 Å². The van der Waals surface area contributed by atoms with Crippen LogP contribution in [0.3, 0.4) is 0 Å². The molecular formula is C23H26N2O5S. The van der Waals surface area contributed by atoms with E-state index in [1.54, 1.807) is 19.1 Å². The molecule has 1 N–H and O–H groups in total. The molecule has 0 aliphatic carbocycles. The van der Waals surface area contributed by atoms with Gasteiger partial charge in [0.2, 0.25) is 15.9 Å². The number of nitrogens with zero attached hydrogens (tertiary/aromatic N) is 1. The Bertz CT molecular complexity index is 1190. The molecule has 3 aromatic carbocycles. The van der Waals surface area contributed by atoms with Crippen LogP contribution in [-0.2, 0) is 21.4 Å². The van der Waals surface area contributed by atoms with Crippen LogP contribution >= 0.6 is 0 Å². The molecule has 0 aliphatic heterocycles. The number of ether oxygens (including phenoxy) is 2. The fourth-order valence-electron chi connectivity index (χ4n) is 3.55. The van der Waals surface area contributed by atoms with Gasteiger partial charge in [-0.2, -0.15) is 0 Å². The smallest absolute Gasteiger partial charge is 0.243 e. The lowest BCUT2D eigenvalue weighted by Gasteiger charge is -2.28. The van der Waals surface area contributed by atoms with E-state index in [0.29, 0.717) is 17.2 Å². The number of nitrogens with one attached hydrogen (secondary N) is 1. The molecule has 0 spiro atoms. The minimum absolute atomic E-state index is 0.286. The van der Waals surface area contributed by atoms with E-state index < -0.39 is 22.0 Å². The molecule has 0 radical (unpaired) electrons. The van der Waals surface area contributed by atoms with E-state index in [0.717, 1.165) is 26.9 Å². The number of methoxy groups -OCH3 is 2. The zero-order valence-electron chi connectivity index (χ0n) is 18.0. The van der Waals surface area contributed by atoms with Crippen LogP contribution in [0.1, 0.15) is 12.5 Å². The van der Waals surface area contributed by atoms with Gasteiger partial charge in [0.25, 0.3) is 0 Å². The highest BCUT2D eigenvalue weighted by Gasteiger charge is 2.29. The lowest BCUT2D eigenvalue weighted by Crippen LogP contribution is -2.47. The van der Waals surface area contributed by atoms with Crippen molar-refractivity contribution in [2.75, 3.05) is 24.8 Å². The first kappa shape index (κ1) is 22.4. The number of fused-ring (bicyclic) bond motifs is 1. The Labute approximate surface area is 182 Å². The molecule has 164 valence electrons. The first-order chi connectivity index (χ1) is 14.8. The number of hydrogen-bond donors (Lipinski definition) is 1. The summed E-state index contributed by atoms with van der Waals surface area (Å²) in [7, 11) is -0.788. The zero-order chi connectivity index (χ0) is 22.6. The monoisotopic (exact) mass is 442 g/mol. The van der Waals surface area contributed by atoms with Gasteiger partial charge in [-0.25, -0.2) is 8.42 Å². The van der Waals surface area contributed by atoms with Gasteiger partial charge in [-0.05, 0) is 35.4 Å². The van der Waals surface area contributed by atoms with Crippen LogP contribution in [0.15, 0.2) is 60.7 Å². The van der Waals surface area contributed by atoms with Gasteiger partial charge in [0.05, 0.1) is 26.2 Å². The summed E-state index contributed by atoms with van der Waals surface area (Å²) in [6.07, 6.45) is 1.07. The van der Waals surface area contributed by atoms with Crippen LogP contribution in [0.5, 0.6) is 11.5 Å². The molecule has 0 heterocycles. The highest BCUT2D eigenvalue weighted by atomic mass is 32.2. The van der Waals surface area contributed by atoms with Gasteiger partial charge >= 0.3 is 0 Å². The van der Waals surface area contributed by atoms with E-state index >= 15 is 0 Å². The topological polar surface area (TPSA) is 84.9 Å². The molecule has 31 heavy (non-hydrogen) atoms.